The van der Waals surface area contributed by atoms with Crippen LogP contribution in [-0.2, 0) is 6.42 Å². The Labute approximate surface area is 98.4 Å². The summed E-state index contributed by atoms with van der Waals surface area (Å²) in [6, 6.07) is 8.96. The Hall–Kier alpha value is -1.02. The van der Waals surface area contributed by atoms with Crippen LogP contribution in [0, 0.1) is 0 Å². The van der Waals surface area contributed by atoms with E-state index in [0.29, 0.717) is 0 Å². The molecule has 0 bridgehead atoms. The molecule has 1 fully saturated rings. The molecule has 1 aromatic rings. The van der Waals surface area contributed by atoms with E-state index in [-0.39, 0.29) is 0 Å². The Morgan fingerprint density at radius 3 is 2.88 bits per heavy atom. The number of para-hydroxylation sites is 1. The van der Waals surface area contributed by atoms with Crippen LogP contribution in [0.1, 0.15) is 31.7 Å². The molecule has 0 saturated carbocycles. The Kier molecular flexibility index (Phi) is 3.83. The van der Waals surface area contributed by atoms with Gasteiger partial charge < -0.3 is 10.6 Å². The van der Waals surface area contributed by atoms with Gasteiger partial charge >= 0.3 is 0 Å². The Morgan fingerprint density at radius 2 is 2.12 bits per heavy atom. The van der Waals surface area contributed by atoms with E-state index in [9.17, 15) is 0 Å². The average molecular weight is 218 g/mol. The van der Waals surface area contributed by atoms with Crippen molar-refractivity contribution in [2.45, 2.75) is 38.6 Å². The van der Waals surface area contributed by atoms with Crippen molar-refractivity contribution in [3.05, 3.63) is 29.8 Å². The second-order valence-corrected chi connectivity index (χ2v) is 4.83. The van der Waals surface area contributed by atoms with E-state index in [0.717, 1.165) is 24.7 Å². The van der Waals surface area contributed by atoms with Crippen LogP contribution in [0.5, 0.6) is 0 Å². The highest BCUT2D eigenvalue weighted by Crippen LogP contribution is 2.18. The van der Waals surface area contributed by atoms with Gasteiger partial charge in [-0.2, -0.15) is 0 Å². The molecule has 1 saturated heterocycles. The van der Waals surface area contributed by atoms with Crippen molar-refractivity contribution in [3.63, 3.8) is 0 Å². The number of nitrogens with zero attached hydrogens (tertiary/aromatic N) is 1. The first-order valence-corrected chi connectivity index (χ1v) is 6.35. The molecule has 2 rings (SSSR count). The van der Waals surface area contributed by atoms with Crippen LogP contribution in [0.15, 0.2) is 24.3 Å². The van der Waals surface area contributed by atoms with E-state index in [2.05, 4.69) is 24.0 Å². The minimum atomic E-state index is 0.749. The van der Waals surface area contributed by atoms with Crippen LogP contribution < -0.4 is 5.73 Å². The second kappa shape index (κ2) is 5.35. The zero-order valence-electron chi connectivity index (χ0n) is 10.2. The second-order valence-electron chi connectivity index (χ2n) is 4.83. The van der Waals surface area contributed by atoms with Gasteiger partial charge in [0.25, 0.3) is 0 Å². The molecular formula is C14H22N2. The summed E-state index contributed by atoms with van der Waals surface area (Å²) in [7, 11) is 0. The van der Waals surface area contributed by atoms with Gasteiger partial charge in [0.05, 0.1) is 0 Å². The summed E-state index contributed by atoms with van der Waals surface area (Å²) in [4.78, 5) is 2.59. The van der Waals surface area contributed by atoms with Gasteiger partial charge in [-0.05, 0) is 44.4 Å². The molecule has 0 amide bonds. The topological polar surface area (TPSA) is 29.3 Å². The number of anilines is 1. The number of nitrogen functional groups attached to an aromatic ring is 1. The lowest BCUT2D eigenvalue weighted by Crippen LogP contribution is -2.38. The van der Waals surface area contributed by atoms with Crippen molar-refractivity contribution in [1.82, 2.24) is 4.90 Å². The van der Waals surface area contributed by atoms with Crippen molar-refractivity contribution in [1.29, 1.82) is 0 Å². The molecule has 1 aromatic carbocycles. The maximum absolute atomic E-state index is 5.95. The lowest BCUT2D eigenvalue weighted by atomic mass is 10.0. The number of hydrogen-bond acceptors (Lipinski definition) is 2. The minimum Gasteiger partial charge on any atom is -0.399 e. The first kappa shape index (κ1) is 11.5. The molecule has 1 unspecified atom stereocenters. The number of hydrogen-bond donors (Lipinski definition) is 1. The van der Waals surface area contributed by atoms with E-state index in [1.54, 1.807) is 0 Å². The number of nitrogens with two attached hydrogens (primary N) is 1. The molecule has 0 aliphatic carbocycles. The predicted molar refractivity (Wildman–Crippen MR) is 69.4 cm³/mol. The Morgan fingerprint density at radius 1 is 1.31 bits per heavy atom. The zero-order chi connectivity index (χ0) is 11.4. The third kappa shape index (κ3) is 2.76. The van der Waals surface area contributed by atoms with E-state index in [4.69, 9.17) is 5.73 Å². The monoisotopic (exact) mass is 218 g/mol. The molecule has 0 aromatic heterocycles. The fourth-order valence-electron chi connectivity index (χ4n) is 2.52. The smallest absolute Gasteiger partial charge is 0.0347 e. The van der Waals surface area contributed by atoms with Crippen molar-refractivity contribution in [2.75, 3.05) is 18.8 Å². The third-order valence-corrected chi connectivity index (χ3v) is 3.66. The van der Waals surface area contributed by atoms with Gasteiger partial charge in [-0.15, -0.1) is 0 Å². The fraction of sp³-hybridized carbons (Fsp3) is 0.571. The molecule has 1 aliphatic rings. The highest BCUT2D eigenvalue weighted by Gasteiger charge is 2.17. The predicted octanol–water partition coefficient (Wildman–Crippen LogP) is 2.69. The van der Waals surface area contributed by atoms with E-state index < -0.39 is 0 Å². The standard InChI is InChI=1S/C14H22N2/c1-12-6-4-5-10-16(12)11-9-13-7-2-3-8-14(13)15/h2-3,7-8,12H,4-6,9-11,15H2,1H3. The molecule has 1 aliphatic heterocycles. The summed E-state index contributed by atoms with van der Waals surface area (Å²) in [5, 5.41) is 0. The van der Waals surface area contributed by atoms with E-state index in [1.807, 2.05) is 12.1 Å². The molecule has 1 atom stereocenters. The van der Waals surface area contributed by atoms with Gasteiger partial charge in [-0.3, -0.25) is 0 Å². The highest BCUT2D eigenvalue weighted by atomic mass is 15.1. The van der Waals surface area contributed by atoms with Crippen LogP contribution in [0.4, 0.5) is 5.69 Å². The maximum Gasteiger partial charge on any atom is 0.0347 e. The van der Waals surface area contributed by atoms with Crippen LogP contribution in [0.3, 0.4) is 0 Å². The molecule has 0 spiro atoms. The third-order valence-electron chi connectivity index (χ3n) is 3.66. The molecule has 2 heteroatoms. The van der Waals surface area contributed by atoms with Gasteiger partial charge in [-0.1, -0.05) is 24.6 Å². The summed E-state index contributed by atoms with van der Waals surface area (Å²) in [6.45, 7) is 4.75. The summed E-state index contributed by atoms with van der Waals surface area (Å²) in [5.74, 6) is 0. The minimum absolute atomic E-state index is 0.749. The lowest BCUT2D eigenvalue weighted by molar-refractivity contribution is 0.163. The van der Waals surface area contributed by atoms with Crippen LogP contribution in [-0.4, -0.2) is 24.0 Å². The summed E-state index contributed by atoms with van der Waals surface area (Å²) >= 11 is 0. The average Bonchev–Trinajstić information content (AvgIpc) is 2.30. The van der Waals surface area contributed by atoms with Crippen molar-refractivity contribution in [3.8, 4) is 0 Å². The van der Waals surface area contributed by atoms with E-state index in [1.165, 1.54) is 31.4 Å². The number of likely N-dealkylation sites (tertiary alicyclic amines) is 1. The molecule has 2 nitrogen and oxygen atoms in total. The molecule has 16 heavy (non-hydrogen) atoms. The zero-order valence-corrected chi connectivity index (χ0v) is 10.2. The Balaban J connectivity index is 1.89. The highest BCUT2D eigenvalue weighted by molar-refractivity contribution is 5.46. The normalized spacial score (nSPS) is 22.2. The van der Waals surface area contributed by atoms with Crippen LogP contribution in [0.25, 0.3) is 0 Å². The summed E-state index contributed by atoms with van der Waals surface area (Å²) < 4.78 is 0. The molecule has 0 radical (unpaired) electrons. The summed E-state index contributed by atoms with van der Waals surface area (Å²) in [5.41, 5.74) is 8.18. The molecule has 1 heterocycles. The fourth-order valence-corrected chi connectivity index (χ4v) is 2.52. The van der Waals surface area contributed by atoms with Gasteiger partial charge in [0.15, 0.2) is 0 Å². The SMILES string of the molecule is CC1CCCCN1CCc1ccccc1N. The van der Waals surface area contributed by atoms with Crippen molar-refractivity contribution in [2.24, 2.45) is 0 Å². The molecule has 88 valence electrons. The molecular weight excluding hydrogens is 196 g/mol. The lowest BCUT2D eigenvalue weighted by Gasteiger charge is -2.33. The van der Waals surface area contributed by atoms with Crippen LogP contribution >= 0.6 is 0 Å². The van der Waals surface area contributed by atoms with Gasteiger partial charge in [0.2, 0.25) is 0 Å². The number of benzene rings is 1. The molecule has 2 N–H and O–H groups in total. The van der Waals surface area contributed by atoms with E-state index >= 15 is 0 Å². The van der Waals surface area contributed by atoms with Gasteiger partial charge in [0, 0.05) is 18.3 Å². The summed E-state index contributed by atoms with van der Waals surface area (Å²) in [6.07, 6.45) is 5.18. The first-order chi connectivity index (χ1) is 7.77. The van der Waals surface area contributed by atoms with Crippen molar-refractivity contribution < 1.29 is 0 Å². The maximum atomic E-state index is 5.95. The number of piperidine rings is 1. The first-order valence-electron chi connectivity index (χ1n) is 6.35. The van der Waals surface area contributed by atoms with Gasteiger partial charge in [-0.25, -0.2) is 0 Å². The van der Waals surface area contributed by atoms with Crippen molar-refractivity contribution >= 4 is 5.69 Å². The number of rotatable bonds is 3. The quantitative estimate of drug-likeness (QED) is 0.790. The largest absolute Gasteiger partial charge is 0.399 e. The van der Waals surface area contributed by atoms with Crippen LogP contribution in [0.2, 0.25) is 0 Å². The van der Waals surface area contributed by atoms with Gasteiger partial charge in [0.1, 0.15) is 0 Å². The Bertz CT molecular complexity index is 335.